The Bertz CT molecular complexity index is 796. The van der Waals surface area contributed by atoms with Crippen molar-refractivity contribution in [2.75, 3.05) is 12.3 Å². The van der Waals surface area contributed by atoms with E-state index >= 15 is 0 Å². The zero-order chi connectivity index (χ0) is 20.9. The van der Waals surface area contributed by atoms with Gasteiger partial charge in [-0.1, -0.05) is 49.4 Å². The van der Waals surface area contributed by atoms with E-state index in [-0.39, 0.29) is 17.9 Å². The van der Waals surface area contributed by atoms with Crippen LogP contribution in [0.25, 0.3) is 6.08 Å². The van der Waals surface area contributed by atoms with Gasteiger partial charge in [-0.15, -0.1) is 6.58 Å². The summed E-state index contributed by atoms with van der Waals surface area (Å²) in [5, 5.41) is 10.9. The molecule has 3 N–H and O–H groups in total. The van der Waals surface area contributed by atoms with Gasteiger partial charge >= 0.3 is 0 Å². The van der Waals surface area contributed by atoms with Gasteiger partial charge in [-0.25, -0.2) is 5.06 Å². The van der Waals surface area contributed by atoms with Gasteiger partial charge in [0.15, 0.2) is 0 Å². The molecule has 0 heterocycles. The van der Waals surface area contributed by atoms with Crippen LogP contribution < -0.4 is 5.73 Å². The number of rotatable bonds is 7. The number of hydrogen-bond donors (Lipinski definition) is 2. The highest BCUT2D eigenvalue weighted by Crippen LogP contribution is 2.48. The lowest BCUT2D eigenvalue weighted by molar-refractivity contribution is -0.157. The quantitative estimate of drug-likeness (QED) is 0.223. The first kappa shape index (κ1) is 21.7. The second kappa shape index (κ2) is 9.07. The Morgan fingerprint density at radius 1 is 1.43 bits per heavy atom. The number of amides is 1. The van der Waals surface area contributed by atoms with E-state index in [0.29, 0.717) is 11.6 Å². The van der Waals surface area contributed by atoms with E-state index in [1.807, 2.05) is 18.2 Å². The first-order valence-corrected chi connectivity index (χ1v) is 9.67. The Kier molecular flexibility index (Phi) is 7.03. The highest BCUT2D eigenvalue weighted by Gasteiger charge is 2.39. The number of carbonyl (C=O) groups is 1. The van der Waals surface area contributed by atoms with Crippen molar-refractivity contribution in [2.24, 2.45) is 17.3 Å². The molecule has 4 nitrogen and oxygen atoms in total. The van der Waals surface area contributed by atoms with Gasteiger partial charge in [0, 0.05) is 11.8 Å². The summed E-state index contributed by atoms with van der Waals surface area (Å²) in [5.74, 6) is 0.0913. The molecular weight excluding hydrogens is 348 g/mol. The zero-order valence-electron chi connectivity index (χ0n) is 17.0. The van der Waals surface area contributed by atoms with Crippen LogP contribution in [0.4, 0.5) is 5.69 Å². The van der Waals surface area contributed by atoms with Crippen LogP contribution in [0.2, 0.25) is 0 Å². The third kappa shape index (κ3) is 5.23. The normalized spacial score (nSPS) is 24.7. The average molecular weight is 381 g/mol. The number of hydrogen-bond acceptors (Lipinski definition) is 3. The van der Waals surface area contributed by atoms with Crippen molar-refractivity contribution in [1.82, 2.24) is 5.06 Å². The number of allylic oxidation sites excluding steroid dienone is 2. The van der Waals surface area contributed by atoms with Gasteiger partial charge < -0.3 is 5.73 Å². The average Bonchev–Trinajstić information content (AvgIpc) is 2.66. The van der Waals surface area contributed by atoms with E-state index in [1.165, 1.54) is 6.08 Å². The predicted octanol–water partition coefficient (Wildman–Crippen LogP) is 5.24. The van der Waals surface area contributed by atoms with Crippen LogP contribution in [0.1, 0.15) is 38.7 Å². The topological polar surface area (TPSA) is 66.6 Å². The molecule has 28 heavy (non-hydrogen) atoms. The van der Waals surface area contributed by atoms with E-state index in [4.69, 9.17) is 5.73 Å². The van der Waals surface area contributed by atoms with Gasteiger partial charge in [0.25, 0.3) is 5.91 Å². The Labute approximate surface area is 168 Å². The van der Waals surface area contributed by atoms with Gasteiger partial charge in [0.2, 0.25) is 0 Å². The SMILES string of the molecule is C=C[C@]1(C)CC[C@@H](C(=C)CN(O)C(=O)/C=C/c2cccc(N)c2)C[C@H]1C(=C)C. The van der Waals surface area contributed by atoms with Crippen molar-refractivity contribution in [3.63, 3.8) is 0 Å². The molecule has 1 saturated carbocycles. The number of anilines is 1. The van der Waals surface area contributed by atoms with Gasteiger partial charge in [-0.05, 0) is 67.2 Å². The van der Waals surface area contributed by atoms with Gasteiger partial charge in [-0.3, -0.25) is 10.0 Å². The number of nitrogens with two attached hydrogens (primary N) is 1. The Morgan fingerprint density at radius 3 is 2.75 bits per heavy atom. The van der Waals surface area contributed by atoms with E-state index in [0.717, 1.165) is 41.0 Å². The first-order valence-electron chi connectivity index (χ1n) is 9.67. The van der Waals surface area contributed by atoms with Crippen LogP contribution in [-0.2, 0) is 4.79 Å². The minimum atomic E-state index is -0.480. The van der Waals surface area contributed by atoms with Gasteiger partial charge in [-0.2, -0.15) is 0 Å². The number of hydroxylamine groups is 2. The van der Waals surface area contributed by atoms with Crippen LogP contribution in [0, 0.1) is 17.3 Å². The van der Waals surface area contributed by atoms with Crippen molar-refractivity contribution < 1.29 is 10.0 Å². The minimum absolute atomic E-state index is 0.0393. The summed E-state index contributed by atoms with van der Waals surface area (Å²) >= 11 is 0. The van der Waals surface area contributed by atoms with Crippen LogP contribution in [0.3, 0.4) is 0 Å². The van der Waals surface area contributed by atoms with Crippen molar-refractivity contribution in [2.45, 2.75) is 33.1 Å². The molecule has 3 atom stereocenters. The molecule has 0 bridgehead atoms. The van der Waals surface area contributed by atoms with Crippen molar-refractivity contribution in [3.8, 4) is 0 Å². The second-order valence-corrected chi connectivity index (χ2v) is 8.14. The number of carbonyl (C=O) groups excluding carboxylic acids is 1. The molecule has 0 saturated heterocycles. The van der Waals surface area contributed by atoms with Crippen LogP contribution >= 0.6 is 0 Å². The molecule has 0 aliphatic heterocycles. The molecule has 2 rings (SSSR count). The molecule has 1 aromatic rings. The maximum absolute atomic E-state index is 12.2. The number of nitrogen functional groups attached to an aromatic ring is 1. The molecule has 1 fully saturated rings. The van der Waals surface area contributed by atoms with Crippen LogP contribution in [0.5, 0.6) is 0 Å². The second-order valence-electron chi connectivity index (χ2n) is 8.14. The van der Waals surface area contributed by atoms with Gasteiger partial charge in [0.1, 0.15) is 0 Å². The lowest BCUT2D eigenvalue weighted by atomic mass is 9.61. The Hall–Kier alpha value is -2.59. The van der Waals surface area contributed by atoms with Gasteiger partial charge in [0.05, 0.1) is 6.54 Å². The summed E-state index contributed by atoms with van der Waals surface area (Å²) in [6, 6.07) is 7.20. The minimum Gasteiger partial charge on any atom is -0.399 e. The fourth-order valence-corrected chi connectivity index (χ4v) is 4.03. The molecule has 0 aromatic heterocycles. The van der Waals surface area contributed by atoms with Crippen molar-refractivity contribution in [3.05, 3.63) is 72.9 Å². The molecule has 150 valence electrons. The molecule has 0 spiro atoms. The number of nitrogens with zero attached hydrogens (tertiary/aromatic N) is 1. The molecule has 1 amide bonds. The smallest absolute Gasteiger partial charge is 0.270 e. The lowest BCUT2D eigenvalue weighted by Crippen LogP contribution is -2.36. The van der Waals surface area contributed by atoms with E-state index in [9.17, 15) is 10.0 Å². The zero-order valence-corrected chi connectivity index (χ0v) is 17.0. The first-order chi connectivity index (χ1) is 13.2. The highest BCUT2D eigenvalue weighted by molar-refractivity contribution is 5.91. The van der Waals surface area contributed by atoms with Crippen LogP contribution in [0.15, 0.2) is 67.3 Å². The summed E-state index contributed by atoms with van der Waals surface area (Å²) in [5.41, 5.74) is 9.21. The molecule has 1 aliphatic rings. The lowest BCUT2D eigenvalue weighted by Gasteiger charge is -2.44. The predicted molar refractivity (Wildman–Crippen MR) is 116 cm³/mol. The molecule has 0 radical (unpaired) electrons. The Balaban J connectivity index is 1.97. The monoisotopic (exact) mass is 380 g/mol. The largest absolute Gasteiger partial charge is 0.399 e. The summed E-state index contributed by atoms with van der Waals surface area (Å²) in [4.78, 5) is 12.2. The standard InChI is InChI=1S/C24H32N2O2/c1-6-24(5)13-12-20(15-22(24)17(2)3)18(4)16-26(28)23(27)11-10-19-8-7-9-21(25)14-19/h6-11,14,20,22,28H,1-2,4,12-13,15-16,25H2,3,5H3/b11-10+/t20-,22+,24-/m1/s1. The fraction of sp³-hybridized carbons (Fsp3) is 0.375. The molecule has 1 aliphatic carbocycles. The van der Waals surface area contributed by atoms with Crippen LogP contribution in [-0.4, -0.2) is 22.7 Å². The van der Waals surface area contributed by atoms with E-state index in [1.54, 1.807) is 18.2 Å². The third-order valence-electron chi connectivity index (χ3n) is 5.92. The summed E-state index contributed by atoms with van der Waals surface area (Å²) in [6.07, 6.45) is 7.89. The highest BCUT2D eigenvalue weighted by atomic mass is 16.5. The summed E-state index contributed by atoms with van der Waals surface area (Å²) < 4.78 is 0. The summed E-state index contributed by atoms with van der Waals surface area (Å²) in [7, 11) is 0. The molecule has 0 unspecified atom stereocenters. The molecule has 4 heteroatoms. The molecular formula is C24H32N2O2. The third-order valence-corrected chi connectivity index (χ3v) is 5.92. The van der Waals surface area contributed by atoms with E-state index in [2.05, 4.69) is 33.6 Å². The summed E-state index contributed by atoms with van der Waals surface area (Å²) in [6.45, 7) is 16.7. The maximum atomic E-state index is 12.2. The van der Waals surface area contributed by atoms with E-state index < -0.39 is 5.91 Å². The maximum Gasteiger partial charge on any atom is 0.270 e. The number of benzene rings is 1. The fourth-order valence-electron chi connectivity index (χ4n) is 4.03. The van der Waals surface area contributed by atoms with Crippen molar-refractivity contribution in [1.29, 1.82) is 0 Å². The molecule has 1 aromatic carbocycles. The Morgan fingerprint density at radius 2 is 2.14 bits per heavy atom. The van der Waals surface area contributed by atoms with Crippen molar-refractivity contribution >= 4 is 17.7 Å².